The summed E-state index contributed by atoms with van der Waals surface area (Å²) in [6.45, 7) is 2.12. The van der Waals surface area contributed by atoms with E-state index in [-0.39, 0.29) is 11.9 Å². The second kappa shape index (κ2) is 9.95. The number of nitrogens with zero attached hydrogens (tertiary/aromatic N) is 3. The number of ether oxygens (including phenoxy) is 2. The highest BCUT2D eigenvalue weighted by Crippen LogP contribution is 2.24. The van der Waals surface area contributed by atoms with Crippen LogP contribution in [0.1, 0.15) is 12.0 Å². The van der Waals surface area contributed by atoms with E-state index in [9.17, 15) is 4.39 Å². The summed E-state index contributed by atoms with van der Waals surface area (Å²) >= 11 is 0. The average Bonchev–Trinajstić information content (AvgIpc) is 3.21. The van der Waals surface area contributed by atoms with E-state index >= 15 is 0 Å². The van der Waals surface area contributed by atoms with Crippen molar-refractivity contribution in [2.45, 2.75) is 18.9 Å². The van der Waals surface area contributed by atoms with Crippen LogP contribution in [0.3, 0.4) is 0 Å². The molecule has 1 aromatic carbocycles. The lowest BCUT2D eigenvalue weighted by molar-refractivity contribution is 0.398. The van der Waals surface area contributed by atoms with Gasteiger partial charge in [-0.2, -0.15) is 0 Å². The highest BCUT2D eigenvalue weighted by atomic mass is 19.1. The molecule has 29 heavy (non-hydrogen) atoms. The summed E-state index contributed by atoms with van der Waals surface area (Å²) in [5.41, 5.74) is 1.06. The Morgan fingerprint density at radius 3 is 2.90 bits per heavy atom. The Morgan fingerprint density at radius 2 is 2.17 bits per heavy atom. The minimum Gasteiger partial charge on any atom is -0.497 e. The first-order valence-corrected chi connectivity index (χ1v) is 9.68. The number of halogens is 1. The zero-order valence-electron chi connectivity index (χ0n) is 17.1. The van der Waals surface area contributed by atoms with Crippen LogP contribution in [-0.2, 0) is 6.42 Å². The first kappa shape index (κ1) is 20.7. The van der Waals surface area contributed by atoms with E-state index in [1.165, 1.54) is 6.07 Å². The van der Waals surface area contributed by atoms with Gasteiger partial charge in [0.1, 0.15) is 11.5 Å². The molecule has 0 bridgehead atoms. The molecule has 1 aliphatic heterocycles. The van der Waals surface area contributed by atoms with Gasteiger partial charge in [0, 0.05) is 38.9 Å². The van der Waals surface area contributed by atoms with Gasteiger partial charge in [0.2, 0.25) is 0 Å². The summed E-state index contributed by atoms with van der Waals surface area (Å²) in [6, 6.07) is 8.99. The van der Waals surface area contributed by atoms with Crippen LogP contribution in [0, 0.1) is 5.82 Å². The number of pyridine rings is 1. The van der Waals surface area contributed by atoms with Gasteiger partial charge in [-0.05, 0) is 48.7 Å². The molecule has 0 saturated carbocycles. The van der Waals surface area contributed by atoms with Gasteiger partial charge >= 0.3 is 0 Å². The van der Waals surface area contributed by atoms with Crippen LogP contribution < -0.4 is 25.0 Å². The summed E-state index contributed by atoms with van der Waals surface area (Å²) < 4.78 is 24.7. The maximum absolute atomic E-state index is 14.0. The van der Waals surface area contributed by atoms with E-state index in [1.807, 2.05) is 23.1 Å². The fourth-order valence-corrected chi connectivity index (χ4v) is 3.46. The number of aliphatic imine (C=N–C) groups is 1. The molecular weight excluding hydrogens is 373 g/mol. The number of benzene rings is 1. The van der Waals surface area contributed by atoms with E-state index in [4.69, 9.17) is 9.47 Å². The van der Waals surface area contributed by atoms with Gasteiger partial charge in [-0.3, -0.25) is 4.99 Å². The Kier molecular flexibility index (Phi) is 7.10. The highest BCUT2D eigenvalue weighted by molar-refractivity contribution is 5.80. The molecular formula is C21H28FN5O2. The van der Waals surface area contributed by atoms with E-state index in [0.29, 0.717) is 18.9 Å². The molecule has 1 unspecified atom stereocenters. The van der Waals surface area contributed by atoms with Crippen molar-refractivity contribution >= 4 is 11.8 Å². The molecule has 0 aliphatic carbocycles. The summed E-state index contributed by atoms with van der Waals surface area (Å²) in [6.07, 6.45) is 3.27. The maximum Gasteiger partial charge on any atom is 0.191 e. The summed E-state index contributed by atoms with van der Waals surface area (Å²) in [5, 5.41) is 6.75. The molecule has 2 N–H and O–H groups in total. The number of rotatable bonds is 7. The molecule has 2 aromatic rings. The largest absolute Gasteiger partial charge is 0.497 e. The maximum atomic E-state index is 14.0. The first-order valence-electron chi connectivity index (χ1n) is 9.68. The molecule has 2 heterocycles. The number of methoxy groups -OCH3 is 2. The van der Waals surface area contributed by atoms with Crippen LogP contribution >= 0.6 is 0 Å². The van der Waals surface area contributed by atoms with Crippen molar-refractivity contribution in [2.75, 3.05) is 45.8 Å². The predicted molar refractivity (Wildman–Crippen MR) is 113 cm³/mol. The number of aromatic nitrogens is 1. The van der Waals surface area contributed by atoms with Gasteiger partial charge in [0.05, 0.1) is 14.2 Å². The van der Waals surface area contributed by atoms with Crippen molar-refractivity contribution in [3.63, 3.8) is 0 Å². The number of hydrogen-bond acceptors (Lipinski definition) is 5. The number of guanidine groups is 1. The number of anilines is 1. The lowest BCUT2D eigenvalue weighted by atomic mass is 10.1. The van der Waals surface area contributed by atoms with Crippen molar-refractivity contribution in [1.29, 1.82) is 0 Å². The van der Waals surface area contributed by atoms with Gasteiger partial charge in [-0.1, -0.05) is 0 Å². The topological polar surface area (TPSA) is 71.0 Å². The summed E-state index contributed by atoms with van der Waals surface area (Å²) in [4.78, 5) is 10.4. The Bertz CT molecular complexity index is 846. The van der Waals surface area contributed by atoms with Gasteiger partial charge < -0.3 is 25.0 Å². The molecule has 0 amide bonds. The minimum absolute atomic E-state index is 0.175. The zero-order chi connectivity index (χ0) is 20.6. The zero-order valence-corrected chi connectivity index (χ0v) is 17.1. The van der Waals surface area contributed by atoms with Crippen LogP contribution in [0.2, 0.25) is 0 Å². The van der Waals surface area contributed by atoms with Crippen LogP contribution in [-0.4, -0.2) is 57.9 Å². The molecule has 7 nitrogen and oxygen atoms in total. The monoisotopic (exact) mass is 401 g/mol. The third-order valence-electron chi connectivity index (χ3n) is 4.97. The van der Waals surface area contributed by atoms with Gasteiger partial charge in [0.25, 0.3) is 0 Å². The van der Waals surface area contributed by atoms with Gasteiger partial charge in [-0.15, -0.1) is 0 Å². The standard InChI is InChI=1S/C21H28FN5O2/c1-23-21(25-11-8-15-13-17(28-2)6-7-19(15)29-3)26-16-9-12-27(14-16)20-18(22)5-4-10-24-20/h4-7,10,13,16H,8-9,11-12,14H2,1-3H3,(H2,23,25,26). The van der Waals surface area contributed by atoms with Crippen molar-refractivity contribution in [3.05, 3.63) is 47.9 Å². The SMILES string of the molecule is CN=C(NCCc1cc(OC)ccc1OC)NC1CCN(c2ncccc2F)C1. The molecule has 1 aromatic heterocycles. The molecule has 1 atom stereocenters. The van der Waals surface area contributed by atoms with Crippen molar-refractivity contribution < 1.29 is 13.9 Å². The Hall–Kier alpha value is -3.03. The van der Waals surface area contributed by atoms with E-state index < -0.39 is 0 Å². The Balaban J connectivity index is 1.51. The Morgan fingerprint density at radius 1 is 1.31 bits per heavy atom. The lowest BCUT2D eigenvalue weighted by Gasteiger charge is -2.20. The van der Waals surface area contributed by atoms with Crippen molar-refractivity contribution in [2.24, 2.45) is 4.99 Å². The quantitative estimate of drug-likeness (QED) is 0.548. The minimum atomic E-state index is -0.289. The molecule has 1 aliphatic rings. The normalized spacial score (nSPS) is 16.6. The average molecular weight is 401 g/mol. The van der Waals surface area contributed by atoms with Gasteiger partial charge in [0.15, 0.2) is 17.6 Å². The van der Waals surface area contributed by atoms with Crippen LogP contribution in [0.4, 0.5) is 10.2 Å². The fraction of sp³-hybridized carbons (Fsp3) is 0.429. The molecule has 0 radical (unpaired) electrons. The number of nitrogens with one attached hydrogen (secondary N) is 2. The molecule has 8 heteroatoms. The van der Waals surface area contributed by atoms with E-state index in [0.717, 1.165) is 42.4 Å². The smallest absolute Gasteiger partial charge is 0.191 e. The summed E-state index contributed by atoms with van der Waals surface area (Å²) in [5.74, 6) is 2.48. The first-order chi connectivity index (χ1) is 14.1. The number of hydrogen-bond donors (Lipinski definition) is 2. The molecule has 156 valence electrons. The van der Waals surface area contributed by atoms with E-state index in [1.54, 1.807) is 33.5 Å². The van der Waals surface area contributed by atoms with Crippen molar-refractivity contribution in [1.82, 2.24) is 15.6 Å². The van der Waals surface area contributed by atoms with E-state index in [2.05, 4.69) is 20.6 Å². The second-order valence-corrected chi connectivity index (χ2v) is 6.81. The van der Waals surface area contributed by atoms with Crippen LogP contribution in [0.25, 0.3) is 0 Å². The third-order valence-corrected chi connectivity index (χ3v) is 4.97. The predicted octanol–water partition coefficient (Wildman–Crippen LogP) is 2.22. The molecule has 1 fully saturated rings. The van der Waals surface area contributed by atoms with Crippen molar-refractivity contribution in [3.8, 4) is 11.5 Å². The van der Waals surface area contributed by atoms with Gasteiger partial charge in [-0.25, -0.2) is 9.37 Å². The highest BCUT2D eigenvalue weighted by Gasteiger charge is 2.25. The fourth-order valence-electron chi connectivity index (χ4n) is 3.46. The van der Waals surface area contributed by atoms with Crippen LogP contribution in [0.5, 0.6) is 11.5 Å². The second-order valence-electron chi connectivity index (χ2n) is 6.81. The summed E-state index contributed by atoms with van der Waals surface area (Å²) in [7, 11) is 5.05. The lowest BCUT2D eigenvalue weighted by Crippen LogP contribution is -2.45. The third kappa shape index (κ3) is 5.28. The molecule has 0 spiro atoms. The molecule has 3 rings (SSSR count). The Labute approximate surface area is 170 Å². The van der Waals surface area contributed by atoms with Crippen LogP contribution in [0.15, 0.2) is 41.5 Å². The molecule has 1 saturated heterocycles.